The van der Waals surface area contributed by atoms with Crippen LogP contribution in [0.4, 0.5) is 0 Å². The van der Waals surface area contributed by atoms with E-state index >= 15 is 0 Å². The number of rotatable bonds is 22. The van der Waals surface area contributed by atoms with Gasteiger partial charge < -0.3 is 58.9 Å². The first-order valence-corrected chi connectivity index (χ1v) is 24.7. The van der Waals surface area contributed by atoms with Crippen molar-refractivity contribution in [1.29, 1.82) is 0 Å². The van der Waals surface area contributed by atoms with E-state index in [2.05, 4.69) is 42.5 Å². The van der Waals surface area contributed by atoms with Crippen molar-refractivity contribution >= 4 is 53.2 Å². The molecule has 0 radical (unpaired) electrons. The van der Waals surface area contributed by atoms with Gasteiger partial charge in [0.05, 0.1) is 6.54 Å². The van der Waals surface area contributed by atoms with Crippen LogP contribution in [0.2, 0.25) is 0 Å². The zero-order valence-corrected chi connectivity index (χ0v) is 40.2. The Hall–Kier alpha value is -5.63. The van der Waals surface area contributed by atoms with E-state index in [4.69, 9.17) is 11.5 Å². The summed E-state index contributed by atoms with van der Waals surface area (Å²) in [5.74, 6) is -4.44. The molecule has 0 aromatic heterocycles. The average molecular weight is 952 g/mol. The van der Waals surface area contributed by atoms with Gasteiger partial charge in [0.2, 0.25) is 53.2 Å². The lowest BCUT2D eigenvalue weighted by Crippen LogP contribution is -2.60. The lowest BCUT2D eigenvalue weighted by molar-refractivity contribution is -0.140. The van der Waals surface area contributed by atoms with Crippen LogP contribution in [0, 0.1) is 11.8 Å². The number of amides is 9. The molecule has 378 valence electrons. The predicted octanol–water partition coefficient (Wildman–Crippen LogP) is -0.331. The number of likely N-dealkylation sites (tertiary alicyclic amines) is 1. The zero-order chi connectivity index (χ0) is 49.6. The summed E-state index contributed by atoms with van der Waals surface area (Å²) in [5.41, 5.74) is 12.3. The van der Waals surface area contributed by atoms with E-state index in [9.17, 15) is 43.2 Å². The summed E-state index contributed by atoms with van der Waals surface area (Å²) < 4.78 is 0. The van der Waals surface area contributed by atoms with Crippen molar-refractivity contribution in [2.75, 3.05) is 32.7 Å². The molecule has 20 nitrogen and oxygen atoms in total. The van der Waals surface area contributed by atoms with Gasteiger partial charge in [-0.1, -0.05) is 44.2 Å². The van der Waals surface area contributed by atoms with Crippen molar-refractivity contribution in [2.24, 2.45) is 23.3 Å². The largest absolute Gasteiger partial charge is 0.355 e. The maximum absolute atomic E-state index is 14.3. The molecule has 1 aliphatic carbocycles. The number of nitrogens with one attached hydrogen (secondary N) is 8. The molecule has 4 rings (SSSR count). The Kier molecular flexibility index (Phi) is 23.2. The molecule has 2 aliphatic heterocycles. The minimum Gasteiger partial charge on any atom is -0.355 e. The molecule has 9 amide bonds. The number of benzene rings is 1. The molecule has 2 saturated heterocycles. The van der Waals surface area contributed by atoms with Crippen molar-refractivity contribution in [3.05, 3.63) is 35.9 Å². The lowest BCUT2D eigenvalue weighted by atomic mass is 10.00. The standard InChI is InChI=1S/C48H77N11O9/c1-30(2)26-37-47(67)58-38(27-32-14-5-4-6-15-32)43(63)52-29-40(60)51-24-12-9-18-36(46(66)57-37)56-45(65)35(17-8-11-23-50)55-44(64)34(16-7-10-22-49)54-42(62)31(3)53-48(68)39-19-13-25-59(39)41(61)28-33-20-21-33/h4-6,14-15,30-31,33-39H,7-13,16-29,49-50H2,1-3H3,(H,51,60)(H,52,63)(H,53,68)(H,54,62)(H,55,64)(H,56,65)(H,57,66)(H,58,67)/t31-,34-,35-,36-,37-,38-,39-/m0/s1. The second-order valence-electron chi connectivity index (χ2n) is 18.9. The van der Waals surface area contributed by atoms with E-state index in [1.807, 2.05) is 32.0 Å². The van der Waals surface area contributed by atoms with Crippen LogP contribution in [0.15, 0.2) is 30.3 Å². The summed E-state index contributed by atoms with van der Waals surface area (Å²) in [6.07, 6.45) is 7.13. The number of nitrogens with zero attached hydrogens (tertiary/aromatic N) is 1. The van der Waals surface area contributed by atoms with Crippen LogP contribution >= 0.6 is 0 Å². The maximum Gasteiger partial charge on any atom is 0.243 e. The second-order valence-corrected chi connectivity index (χ2v) is 18.9. The van der Waals surface area contributed by atoms with Gasteiger partial charge in [-0.25, -0.2) is 0 Å². The third kappa shape index (κ3) is 18.8. The highest BCUT2D eigenvalue weighted by molar-refractivity contribution is 5.98. The fourth-order valence-corrected chi connectivity index (χ4v) is 8.39. The van der Waals surface area contributed by atoms with Crippen LogP contribution in [0.3, 0.4) is 0 Å². The number of unbranched alkanes of at least 4 members (excludes halogenated alkanes) is 2. The Bertz CT molecular complexity index is 1860. The molecular formula is C48H77N11O9. The van der Waals surface area contributed by atoms with Gasteiger partial charge in [0, 0.05) is 25.9 Å². The highest BCUT2D eigenvalue weighted by Gasteiger charge is 2.38. The third-order valence-electron chi connectivity index (χ3n) is 12.5. The fourth-order valence-electron chi connectivity index (χ4n) is 8.39. The molecule has 1 saturated carbocycles. The normalized spacial score (nSPS) is 22.1. The third-order valence-corrected chi connectivity index (χ3v) is 12.5. The quantitative estimate of drug-likeness (QED) is 0.0672. The van der Waals surface area contributed by atoms with Crippen LogP contribution in [-0.2, 0) is 49.6 Å². The van der Waals surface area contributed by atoms with E-state index in [1.165, 1.54) is 6.92 Å². The van der Waals surface area contributed by atoms with Gasteiger partial charge in [-0.3, -0.25) is 43.2 Å². The number of nitrogens with two attached hydrogens (primary N) is 2. The first kappa shape index (κ1) is 55.0. The highest BCUT2D eigenvalue weighted by Crippen LogP contribution is 2.34. The monoisotopic (exact) mass is 952 g/mol. The molecule has 68 heavy (non-hydrogen) atoms. The summed E-state index contributed by atoms with van der Waals surface area (Å²) in [4.78, 5) is 124. The van der Waals surface area contributed by atoms with Crippen LogP contribution in [0.5, 0.6) is 0 Å². The Morgan fingerprint density at radius 3 is 2.00 bits per heavy atom. The van der Waals surface area contributed by atoms with E-state index in [1.54, 1.807) is 17.0 Å². The number of carbonyl (C=O) groups is 9. The molecule has 1 aromatic carbocycles. The van der Waals surface area contributed by atoms with Crippen molar-refractivity contribution in [1.82, 2.24) is 47.4 Å². The Morgan fingerprint density at radius 2 is 1.35 bits per heavy atom. The summed E-state index contributed by atoms with van der Waals surface area (Å²) in [6, 6.07) is 1.69. The van der Waals surface area contributed by atoms with Gasteiger partial charge in [0.15, 0.2) is 0 Å². The van der Waals surface area contributed by atoms with Gasteiger partial charge >= 0.3 is 0 Å². The summed E-state index contributed by atoms with van der Waals surface area (Å²) >= 11 is 0. The van der Waals surface area contributed by atoms with Crippen molar-refractivity contribution in [3.63, 3.8) is 0 Å². The Labute approximate surface area is 400 Å². The van der Waals surface area contributed by atoms with Crippen molar-refractivity contribution in [3.8, 4) is 0 Å². The number of carbonyl (C=O) groups excluding carboxylic acids is 9. The fraction of sp³-hybridized carbons (Fsp3) is 0.688. The molecule has 3 fully saturated rings. The van der Waals surface area contributed by atoms with Crippen LogP contribution in [0.1, 0.15) is 123 Å². The number of hydrogen-bond acceptors (Lipinski definition) is 11. The molecule has 0 unspecified atom stereocenters. The van der Waals surface area contributed by atoms with Crippen LogP contribution < -0.4 is 54.0 Å². The number of hydrogen-bond donors (Lipinski definition) is 10. The van der Waals surface area contributed by atoms with Gasteiger partial charge in [0.1, 0.15) is 42.3 Å². The van der Waals surface area contributed by atoms with Crippen LogP contribution in [-0.4, -0.2) is 133 Å². The molecule has 0 spiro atoms. The minimum absolute atomic E-state index is 0.0605. The molecule has 20 heteroatoms. The van der Waals surface area contributed by atoms with Gasteiger partial charge in [-0.2, -0.15) is 0 Å². The lowest BCUT2D eigenvalue weighted by Gasteiger charge is -2.28. The molecule has 2 heterocycles. The van der Waals surface area contributed by atoms with E-state index in [0.717, 1.165) is 18.4 Å². The highest BCUT2D eigenvalue weighted by atomic mass is 16.2. The molecule has 12 N–H and O–H groups in total. The van der Waals surface area contributed by atoms with Crippen LogP contribution in [0.25, 0.3) is 0 Å². The average Bonchev–Trinajstić information content (AvgIpc) is 3.98. The van der Waals surface area contributed by atoms with E-state index in [-0.39, 0.29) is 57.0 Å². The van der Waals surface area contributed by atoms with Gasteiger partial charge in [-0.05, 0) is 127 Å². The Balaban J connectivity index is 1.50. The molecule has 7 atom stereocenters. The first-order valence-electron chi connectivity index (χ1n) is 24.7. The second kappa shape index (κ2) is 28.6. The van der Waals surface area contributed by atoms with E-state index in [0.29, 0.717) is 83.3 Å². The first-order chi connectivity index (χ1) is 32.6. The predicted molar refractivity (Wildman–Crippen MR) is 255 cm³/mol. The van der Waals surface area contributed by atoms with E-state index < -0.39 is 89.6 Å². The summed E-state index contributed by atoms with van der Waals surface area (Å²) in [5, 5.41) is 22.0. The maximum atomic E-state index is 14.3. The SMILES string of the molecule is CC(C)C[C@@H]1NC(=O)[C@@H](NC(=O)[C@H](CCCCN)NC(=O)[C@H](CCCCN)NC(=O)[C@H](C)NC(=O)[C@@H]2CCCN2C(=O)CC2CC2)CCCCNC(=O)CNC(=O)[C@H](Cc2ccccc2)NC1=O. The Morgan fingerprint density at radius 1 is 0.706 bits per heavy atom. The zero-order valence-electron chi connectivity index (χ0n) is 40.2. The van der Waals surface area contributed by atoms with Crippen molar-refractivity contribution in [2.45, 2.75) is 166 Å². The molecular weight excluding hydrogens is 875 g/mol. The van der Waals surface area contributed by atoms with Gasteiger partial charge in [0.25, 0.3) is 0 Å². The summed E-state index contributed by atoms with van der Waals surface area (Å²) in [7, 11) is 0. The topological polar surface area (TPSA) is 305 Å². The minimum atomic E-state index is -1.17. The smallest absolute Gasteiger partial charge is 0.243 e. The molecule has 0 bridgehead atoms. The van der Waals surface area contributed by atoms with Crippen molar-refractivity contribution < 1.29 is 43.2 Å². The van der Waals surface area contributed by atoms with Gasteiger partial charge in [-0.15, -0.1) is 0 Å². The summed E-state index contributed by atoms with van der Waals surface area (Å²) in [6.45, 7) is 6.33. The molecule has 3 aliphatic rings. The molecule has 1 aromatic rings.